The molecule has 0 N–H and O–H groups in total. The summed E-state index contributed by atoms with van der Waals surface area (Å²) in [5.41, 5.74) is 2.28. The lowest BCUT2D eigenvalue weighted by atomic mass is 10.2. The summed E-state index contributed by atoms with van der Waals surface area (Å²) in [6.45, 7) is 1.36. The first kappa shape index (κ1) is 16.6. The highest BCUT2D eigenvalue weighted by Crippen LogP contribution is 2.40. The Bertz CT molecular complexity index is 962. The first-order valence-corrected chi connectivity index (χ1v) is 10.2. The molecule has 7 heteroatoms. The van der Waals surface area contributed by atoms with E-state index in [1.807, 2.05) is 35.2 Å². The SMILES string of the molecule is O=C(CSc1nnc(C2CC2)n1Cc1ccco1)N1CCc2ccccc21. The Kier molecular flexibility index (Phi) is 4.24. The predicted octanol–water partition coefficient (Wildman–Crippen LogP) is 3.48. The maximum absolute atomic E-state index is 12.8. The lowest BCUT2D eigenvalue weighted by Gasteiger charge is -2.17. The summed E-state index contributed by atoms with van der Waals surface area (Å²) >= 11 is 1.46. The average Bonchev–Trinajstić information content (AvgIpc) is 3.10. The highest BCUT2D eigenvalue weighted by Gasteiger charge is 2.31. The number of anilines is 1. The normalized spacial score (nSPS) is 15.9. The number of aromatic nitrogens is 3. The molecule has 1 aromatic carbocycles. The van der Waals surface area contributed by atoms with Gasteiger partial charge in [-0.05, 0) is 43.0 Å². The van der Waals surface area contributed by atoms with E-state index in [2.05, 4.69) is 20.8 Å². The molecule has 1 aliphatic heterocycles. The number of nitrogens with zero attached hydrogens (tertiary/aromatic N) is 4. The van der Waals surface area contributed by atoms with E-state index in [9.17, 15) is 4.79 Å². The summed E-state index contributed by atoms with van der Waals surface area (Å²) in [6, 6.07) is 12.0. The van der Waals surface area contributed by atoms with Gasteiger partial charge in [0.15, 0.2) is 5.16 Å². The van der Waals surface area contributed by atoms with E-state index in [-0.39, 0.29) is 5.91 Å². The number of fused-ring (bicyclic) bond motifs is 1. The maximum Gasteiger partial charge on any atom is 0.237 e. The molecule has 3 heterocycles. The zero-order chi connectivity index (χ0) is 18.2. The Morgan fingerprint density at radius 2 is 2.07 bits per heavy atom. The minimum atomic E-state index is 0.116. The lowest BCUT2D eigenvalue weighted by Crippen LogP contribution is -2.30. The van der Waals surface area contributed by atoms with Crippen LogP contribution in [0, 0.1) is 0 Å². The molecule has 2 aromatic heterocycles. The van der Waals surface area contributed by atoms with Crippen molar-refractivity contribution in [2.24, 2.45) is 0 Å². The molecule has 138 valence electrons. The van der Waals surface area contributed by atoms with Gasteiger partial charge in [0.05, 0.1) is 18.6 Å². The first-order chi connectivity index (χ1) is 13.3. The second kappa shape index (κ2) is 6.88. The maximum atomic E-state index is 12.8. The van der Waals surface area contributed by atoms with E-state index in [1.165, 1.54) is 17.3 Å². The molecule has 27 heavy (non-hydrogen) atoms. The third-order valence-electron chi connectivity index (χ3n) is 5.09. The van der Waals surface area contributed by atoms with Crippen LogP contribution < -0.4 is 4.90 Å². The van der Waals surface area contributed by atoms with Crippen LogP contribution in [-0.4, -0.2) is 33.0 Å². The quantitative estimate of drug-likeness (QED) is 0.613. The van der Waals surface area contributed by atoms with Crippen molar-refractivity contribution in [2.75, 3.05) is 17.2 Å². The molecule has 6 nitrogen and oxygen atoms in total. The summed E-state index contributed by atoms with van der Waals surface area (Å²) in [7, 11) is 0. The van der Waals surface area contributed by atoms with Crippen LogP contribution in [-0.2, 0) is 17.8 Å². The minimum Gasteiger partial charge on any atom is -0.467 e. The lowest BCUT2D eigenvalue weighted by molar-refractivity contribution is -0.116. The summed E-state index contributed by atoms with van der Waals surface area (Å²) in [6.07, 6.45) is 4.92. The number of carbonyl (C=O) groups is 1. The van der Waals surface area contributed by atoms with E-state index in [1.54, 1.807) is 6.26 Å². The van der Waals surface area contributed by atoms with E-state index < -0.39 is 0 Å². The Morgan fingerprint density at radius 1 is 1.19 bits per heavy atom. The number of furan rings is 1. The van der Waals surface area contributed by atoms with Gasteiger partial charge in [-0.15, -0.1) is 10.2 Å². The van der Waals surface area contributed by atoms with Gasteiger partial charge in [0.1, 0.15) is 11.6 Å². The predicted molar refractivity (Wildman–Crippen MR) is 103 cm³/mol. The van der Waals surface area contributed by atoms with Crippen molar-refractivity contribution < 1.29 is 9.21 Å². The van der Waals surface area contributed by atoms with Gasteiger partial charge in [-0.1, -0.05) is 30.0 Å². The van der Waals surface area contributed by atoms with Crippen molar-refractivity contribution in [3.8, 4) is 0 Å². The Morgan fingerprint density at radius 3 is 2.89 bits per heavy atom. The van der Waals surface area contributed by atoms with Gasteiger partial charge in [0.25, 0.3) is 0 Å². The van der Waals surface area contributed by atoms with Crippen molar-refractivity contribution >= 4 is 23.4 Å². The van der Waals surface area contributed by atoms with Crippen LogP contribution in [0.15, 0.2) is 52.2 Å². The molecular weight excluding hydrogens is 360 g/mol. The topological polar surface area (TPSA) is 64.2 Å². The van der Waals surface area contributed by atoms with Crippen LogP contribution in [0.2, 0.25) is 0 Å². The van der Waals surface area contributed by atoms with Crippen LogP contribution in [0.4, 0.5) is 5.69 Å². The summed E-state index contributed by atoms with van der Waals surface area (Å²) in [5.74, 6) is 2.84. The number of carbonyl (C=O) groups excluding carboxylic acids is 1. The zero-order valence-corrected chi connectivity index (χ0v) is 15.7. The van der Waals surface area contributed by atoms with Crippen molar-refractivity contribution in [3.05, 3.63) is 59.8 Å². The first-order valence-electron chi connectivity index (χ1n) is 9.26. The number of rotatable bonds is 6. The second-order valence-corrected chi connectivity index (χ2v) is 7.94. The summed E-state index contributed by atoms with van der Waals surface area (Å²) in [5, 5.41) is 9.55. The van der Waals surface area contributed by atoms with Crippen LogP contribution >= 0.6 is 11.8 Å². The number of amides is 1. The van der Waals surface area contributed by atoms with Crippen LogP contribution in [0.25, 0.3) is 0 Å². The van der Waals surface area contributed by atoms with Gasteiger partial charge in [0.2, 0.25) is 5.91 Å². The van der Waals surface area contributed by atoms with Gasteiger partial charge < -0.3 is 9.32 Å². The molecule has 1 aliphatic carbocycles. The fourth-order valence-corrected chi connectivity index (χ4v) is 4.38. The molecule has 0 atom stereocenters. The van der Waals surface area contributed by atoms with E-state index in [0.29, 0.717) is 18.2 Å². The average molecular weight is 380 g/mol. The Balaban J connectivity index is 1.32. The molecule has 5 rings (SSSR count). The second-order valence-electron chi connectivity index (χ2n) is 6.99. The molecule has 0 unspecified atom stereocenters. The highest BCUT2D eigenvalue weighted by molar-refractivity contribution is 7.99. The van der Waals surface area contributed by atoms with Gasteiger partial charge >= 0.3 is 0 Å². The Labute approximate surface area is 161 Å². The zero-order valence-electron chi connectivity index (χ0n) is 14.9. The number of hydrogen-bond donors (Lipinski definition) is 0. The molecule has 0 bridgehead atoms. The number of thioether (sulfide) groups is 1. The molecule has 1 saturated carbocycles. The third-order valence-corrected chi connectivity index (χ3v) is 6.05. The fourth-order valence-electron chi connectivity index (χ4n) is 3.56. The summed E-state index contributed by atoms with van der Waals surface area (Å²) < 4.78 is 7.61. The largest absolute Gasteiger partial charge is 0.467 e. The minimum absolute atomic E-state index is 0.116. The van der Waals surface area contributed by atoms with Crippen molar-refractivity contribution in [1.82, 2.24) is 14.8 Å². The van der Waals surface area contributed by atoms with Crippen LogP contribution in [0.3, 0.4) is 0 Å². The standard InChI is InChI=1S/C20H20N4O2S/c25-18(23-10-9-14-4-1-2-6-17(14)23)13-27-20-22-21-19(15-7-8-15)24(20)12-16-5-3-11-26-16/h1-6,11,15H,7-10,12-13H2. The van der Waals surface area contributed by atoms with Gasteiger partial charge in [0, 0.05) is 18.2 Å². The molecule has 0 spiro atoms. The van der Waals surface area contributed by atoms with Crippen molar-refractivity contribution in [1.29, 1.82) is 0 Å². The monoisotopic (exact) mass is 380 g/mol. The van der Waals surface area contributed by atoms with Gasteiger partial charge in [-0.25, -0.2) is 0 Å². The number of benzene rings is 1. The molecular formula is C20H20N4O2S. The van der Waals surface area contributed by atoms with E-state index in [0.717, 1.165) is 48.2 Å². The van der Waals surface area contributed by atoms with Crippen LogP contribution in [0.1, 0.15) is 35.9 Å². The smallest absolute Gasteiger partial charge is 0.237 e. The van der Waals surface area contributed by atoms with Crippen molar-refractivity contribution in [2.45, 2.75) is 36.9 Å². The molecule has 0 radical (unpaired) electrons. The fraction of sp³-hybridized carbons (Fsp3) is 0.350. The molecule has 3 aromatic rings. The van der Waals surface area contributed by atoms with Gasteiger partial charge in [-0.2, -0.15) is 0 Å². The molecule has 2 aliphatic rings. The van der Waals surface area contributed by atoms with E-state index in [4.69, 9.17) is 4.42 Å². The highest BCUT2D eigenvalue weighted by atomic mass is 32.2. The van der Waals surface area contributed by atoms with Crippen LogP contribution in [0.5, 0.6) is 0 Å². The molecule has 1 amide bonds. The van der Waals surface area contributed by atoms with Gasteiger partial charge in [-0.3, -0.25) is 9.36 Å². The summed E-state index contributed by atoms with van der Waals surface area (Å²) in [4.78, 5) is 14.7. The number of para-hydroxylation sites is 1. The third kappa shape index (κ3) is 3.27. The number of hydrogen-bond acceptors (Lipinski definition) is 5. The van der Waals surface area contributed by atoms with Crippen molar-refractivity contribution in [3.63, 3.8) is 0 Å². The Hall–Kier alpha value is -2.54. The molecule has 1 fully saturated rings. The van der Waals surface area contributed by atoms with E-state index >= 15 is 0 Å². The molecule has 0 saturated heterocycles.